The van der Waals surface area contributed by atoms with Crippen LogP contribution in [0.15, 0.2) is 24.4 Å². The Morgan fingerprint density at radius 2 is 2.25 bits per heavy atom. The summed E-state index contributed by atoms with van der Waals surface area (Å²) in [5.41, 5.74) is 2.00. The lowest BCUT2D eigenvalue weighted by molar-refractivity contribution is 0.760. The van der Waals surface area contributed by atoms with Crippen molar-refractivity contribution in [2.45, 2.75) is 33.2 Å². The van der Waals surface area contributed by atoms with E-state index in [1.54, 1.807) is 0 Å². The first kappa shape index (κ1) is 10.9. The van der Waals surface area contributed by atoms with E-state index in [4.69, 9.17) is 0 Å². The highest BCUT2D eigenvalue weighted by molar-refractivity contribution is 5.89. The fourth-order valence-corrected chi connectivity index (χ4v) is 1.64. The van der Waals surface area contributed by atoms with Crippen LogP contribution < -0.4 is 5.32 Å². The third kappa shape index (κ3) is 2.13. The minimum Gasteiger partial charge on any atom is -0.367 e. The molecular formula is C13H17N3. The third-order valence-corrected chi connectivity index (χ3v) is 2.72. The molecule has 2 aromatic heterocycles. The van der Waals surface area contributed by atoms with E-state index in [-0.39, 0.29) is 0 Å². The highest BCUT2D eigenvalue weighted by Crippen LogP contribution is 2.21. The summed E-state index contributed by atoms with van der Waals surface area (Å²) >= 11 is 0. The fourth-order valence-electron chi connectivity index (χ4n) is 1.64. The van der Waals surface area contributed by atoms with E-state index in [0.29, 0.717) is 6.04 Å². The first-order valence-corrected chi connectivity index (χ1v) is 5.69. The van der Waals surface area contributed by atoms with E-state index >= 15 is 0 Å². The molecule has 2 aromatic rings. The first-order valence-electron chi connectivity index (χ1n) is 5.69. The standard InChI is InChI=1S/C13H17N3/c1-4-9(2)15-13-11-6-5-7-14-12(11)8-10(3)16-13/h5-9H,4H2,1-3H3,(H,15,16). The third-order valence-electron chi connectivity index (χ3n) is 2.72. The molecule has 0 aliphatic heterocycles. The highest BCUT2D eigenvalue weighted by atomic mass is 15.0. The molecule has 1 atom stereocenters. The minimum atomic E-state index is 0.428. The number of aromatic nitrogens is 2. The van der Waals surface area contributed by atoms with E-state index in [9.17, 15) is 0 Å². The molecular weight excluding hydrogens is 198 g/mol. The van der Waals surface area contributed by atoms with Crippen molar-refractivity contribution in [3.63, 3.8) is 0 Å². The fraction of sp³-hybridized carbons (Fsp3) is 0.385. The summed E-state index contributed by atoms with van der Waals surface area (Å²) in [5.74, 6) is 0.942. The van der Waals surface area contributed by atoms with Crippen LogP contribution in [0.4, 0.5) is 5.82 Å². The van der Waals surface area contributed by atoms with Gasteiger partial charge in [0.05, 0.1) is 5.52 Å². The summed E-state index contributed by atoms with van der Waals surface area (Å²) in [6.07, 6.45) is 2.90. The van der Waals surface area contributed by atoms with Gasteiger partial charge in [-0.05, 0) is 38.5 Å². The Bertz CT molecular complexity index is 494. The van der Waals surface area contributed by atoms with Crippen molar-refractivity contribution in [2.24, 2.45) is 0 Å². The molecule has 0 bridgehead atoms. The molecule has 0 amide bonds. The highest BCUT2D eigenvalue weighted by Gasteiger charge is 2.06. The minimum absolute atomic E-state index is 0.428. The second-order valence-electron chi connectivity index (χ2n) is 4.14. The SMILES string of the molecule is CCC(C)Nc1nc(C)cc2ncccc12. The van der Waals surface area contributed by atoms with Gasteiger partial charge in [-0.25, -0.2) is 4.98 Å². The van der Waals surface area contributed by atoms with Crippen LogP contribution in [0.25, 0.3) is 10.9 Å². The average Bonchev–Trinajstić information content (AvgIpc) is 2.28. The molecule has 84 valence electrons. The van der Waals surface area contributed by atoms with Crippen molar-refractivity contribution in [3.8, 4) is 0 Å². The van der Waals surface area contributed by atoms with Gasteiger partial charge in [-0.3, -0.25) is 4.98 Å². The molecule has 0 saturated carbocycles. The van der Waals surface area contributed by atoms with Gasteiger partial charge in [0.2, 0.25) is 0 Å². The molecule has 16 heavy (non-hydrogen) atoms. The maximum atomic E-state index is 4.54. The van der Waals surface area contributed by atoms with Crippen LogP contribution in [0.3, 0.4) is 0 Å². The number of rotatable bonds is 3. The normalized spacial score (nSPS) is 12.7. The average molecular weight is 215 g/mol. The Balaban J connectivity index is 2.50. The number of hydrogen-bond donors (Lipinski definition) is 1. The molecule has 0 radical (unpaired) electrons. The van der Waals surface area contributed by atoms with Gasteiger partial charge in [-0.15, -0.1) is 0 Å². The molecule has 1 unspecified atom stereocenters. The van der Waals surface area contributed by atoms with E-state index in [1.165, 1.54) is 0 Å². The Kier molecular flexibility index (Phi) is 3.04. The smallest absolute Gasteiger partial charge is 0.135 e. The molecule has 2 heterocycles. The van der Waals surface area contributed by atoms with E-state index in [0.717, 1.165) is 28.8 Å². The van der Waals surface area contributed by atoms with Gasteiger partial charge in [0, 0.05) is 23.3 Å². The largest absolute Gasteiger partial charge is 0.367 e. The van der Waals surface area contributed by atoms with E-state index in [2.05, 4.69) is 35.2 Å². The Hall–Kier alpha value is -1.64. The second kappa shape index (κ2) is 4.47. The maximum Gasteiger partial charge on any atom is 0.135 e. The zero-order valence-corrected chi connectivity index (χ0v) is 9.99. The molecule has 0 aromatic carbocycles. The van der Waals surface area contributed by atoms with Crippen LogP contribution in [-0.4, -0.2) is 16.0 Å². The monoisotopic (exact) mass is 215 g/mol. The molecule has 0 spiro atoms. The molecule has 1 N–H and O–H groups in total. The Morgan fingerprint density at radius 1 is 1.44 bits per heavy atom. The number of anilines is 1. The van der Waals surface area contributed by atoms with Crippen molar-refractivity contribution in [1.82, 2.24) is 9.97 Å². The number of pyridine rings is 2. The van der Waals surface area contributed by atoms with Crippen LogP contribution >= 0.6 is 0 Å². The summed E-state index contributed by atoms with van der Waals surface area (Å²) in [6, 6.07) is 6.44. The lowest BCUT2D eigenvalue weighted by Crippen LogP contribution is -2.15. The van der Waals surface area contributed by atoms with Crippen molar-refractivity contribution in [1.29, 1.82) is 0 Å². The summed E-state index contributed by atoms with van der Waals surface area (Å²) in [5, 5.41) is 4.52. The van der Waals surface area contributed by atoms with Gasteiger partial charge >= 0.3 is 0 Å². The predicted molar refractivity (Wildman–Crippen MR) is 67.7 cm³/mol. The van der Waals surface area contributed by atoms with Gasteiger partial charge < -0.3 is 5.32 Å². The number of aryl methyl sites for hydroxylation is 1. The van der Waals surface area contributed by atoms with Crippen molar-refractivity contribution < 1.29 is 0 Å². The second-order valence-corrected chi connectivity index (χ2v) is 4.14. The van der Waals surface area contributed by atoms with Gasteiger partial charge in [-0.1, -0.05) is 6.92 Å². The van der Waals surface area contributed by atoms with Gasteiger partial charge in [0.1, 0.15) is 5.82 Å². The topological polar surface area (TPSA) is 37.8 Å². The van der Waals surface area contributed by atoms with E-state index in [1.807, 2.05) is 25.3 Å². The van der Waals surface area contributed by atoms with Crippen molar-refractivity contribution in [2.75, 3.05) is 5.32 Å². The number of nitrogens with zero attached hydrogens (tertiary/aromatic N) is 2. The number of fused-ring (bicyclic) bond motifs is 1. The molecule has 0 fully saturated rings. The van der Waals surface area contributed by atoms with Gasteiger partial charge in [0.15, 0.2) is 0 Å². The van der Waals surface area contributed by atoms with Crippen LogP contribution in [0.1, 0.15) is 26.0 Å². The summed E-state index contributed by atoms with van der Waals surface area (Å²) < 4.78 is 0. The lowest BCUT2D eigenvalue weighted by Gasteiger charge is -2.14. The Labute approximate surface area is 95.9 Å². The molecule has 0 aliphatic carbocycles. The van der Waals surface area contributed by atoms with Crippen LogP contribution in [0, 0.1) is 6.92 Å². The van der Waals surface area contributed by atoms with E-state index < -0.39 is 0 Å². The summed E-state index contributed by atoms with van der Waals surface area (Å²) in [7, 11) is 0. The zero-order valence-electron chi connectivity index (χ0n) is 9.99. The predicted octanol–water partition coefficient (Wildman–Crippen LogP) is 3.15. The van der Waals surface area contributed by atoms with Crippen LogP contribution in [-0.2, 0) is 0 Å². The number of hydrogen-bond acceptors (Lipinski definition) is 3. The molecule has 2 rings (SSSR count). The molecule has 3 heteroatoms. The van der Waals surface area contributed by atoms with Gasteiger partial charge in [-0.2, -0.15) is 0 Å². The van der Waals surface area contributed by atoms with Crippen LogP contribution in [0.2, 0.25) is 0 Å². The van der Waals surface area contributed by atoms with Crippen molar-refractivity contribution in [3.05, 3.63) is 30.1 Å². The van der Waals surface area contributed by atoms with Gasteiger partial charge in [0.25, 0.3) is 0 Å². The molecule has 3 nitrogen and oxygen atoms in total. The van der Waals surface area contributed by atoms with Crippen molar-refractivity contribution >= 4 is 16.7 Å². The zero-order chi connectivity index (χ0) is 11.5. The first-order chi connectivity index (χ1) is 7.70. The summed E-state index contributed by atoms with van der Waals surface area (Å²) in [6.45, 7) is 6.32. The molecule has 0 saturated heterocycles. The van der Waals surface area contributed by atoms with Crippen LogP contribution in [0.5, 0.6) is 0 Å². The Morgan fingerprint density at radius 3 is 3.00 bits per heavy atom. The summed E-state index contributed by atoms with van der Waals surface area (Å²) in [4.78, 5) is 8.89. The lowest BCUT2D eigenvalue weighted by atomic mass is 10.2. The molecule has 0 aliphatic rings. The quantitative estimate of drug-likeness (QED) is 0.854. The number of nitrogens with one attached hydrogen (secondary N) is 1. The maximum absolute atomic E-state index is 4.54.